The lowest BCUT2D eigenvalue weighted by Crippen LogP contribution is -2.26. The second-order valence-corrected chi connectivity index (χ2v) is 8.68. The maximum Gasteiger partial charge on any atom is 0.264 e. The van der Waals surface area contributed by atoms with Crippen molar-refractivity contribution in [2.75, 3.05) is 16.7 Å². The van der Waals surface area contributed by atoms with Gasteiger partial charge in [0, 0.05) is 22.8 Å². The Bertz CT molecular complexity index is 1030. The number of hydrogen-bond donors (Lipinski definition) is 1. The molecule has 0 bridgehead atoms. The zero-order chi connectivity index (χ0) is 19.4. The molecule has 138 valence electrons. The van der Waals surface area contributed by atoms with Crippen molar-refractivity contribution < 1.29 is 13.2 Å². The quantitative estimate of drug-likeness (QED) is 0.628. The smallest absolute Gasteiger partial charge is 0.264 e. The summed E-state index contributed by atoms with van der Waals surface area (Å²) in [6, 6.07) is 21.9. The molecule has 1 N–H and O–H groups in total. The number of halogens is 1. The lowest BCUT2D eigenvalue weighted by molar-refractivity contribution is 0.102. The predicted octanol–water partition coefficient (Wildman–Crippen LogP) is 4.53. The van der Waals surface area contributed by atoms with E-state index in [9.17, 15) is 13.2 Å². The molecule has 0 saturated carbocycles. The number of anilines is 2. The van der Waals surface area contributed by atoms with Crippen LogP contribution in [0.4, 0.5) is 11.4 Å². The molecule has 1 amide bonds. The van der Waals surface area contributed by atoms with Gasteiger partial charge in [-0.15, -0.1) is 0 Å². The maximum absolute atomic E-state index is 12.8. The number of rotatable bonds is 5. The van der Waals surface area contributed by atoms with Crippen LogP contribution < -0.4 is 9.62 Å². The number of nitrogens with zero attached hydrogens (tertiary/aromatic N) is 1. The monoisotopic (exact) mass is 444 g/mol. The molecule has 0 spiro atoms. The van der Waals surface area contributed by atoms with Crippen LogP contribution in [-0.2, 0) is 10.0 Å². The minimum Gasteiger partial charge on any atom is -0.322 e. The molecule has 27 heavy (non-hydrogen) atoms. The topological polar surface area (TPSA) is 66.5 Å². The minimum atomic E-state index is -3.68. The highest BCUT2D eigenvalue weighted by Crippen LogP contribution is 2.23. The molecular formula is C20H17BrN2O3S. The summed E-state index contributed by atoms with van der Waals surface area (Å²) in [6.45, 7) is 0. The van der Waals surface area contributed by atoms with Crippen LogP contribution >= 0.6 is 15.9 Å². The first-order chi connectivity index (χ1) is 12.9. The number of benzene rings is 3. The molecule has 5 nitrogen and oxygen atoms in total. The largest absolute Gasteiger partial charge is 0.322 e. The third kappa shape index (κ3) is 4.37. The number of carbonyl (C=O) groups is 1. The third-order valence-electron chi connectivity index (χ3n) is 4.00. The van der Waals surface area contributed by atoms with Crippen molar-refractivity contribution in [3.63, 3.8) is 0 Å². The van der Waals surface area contributed by atoms with Gasteiger partial charge < -0.3 is 5.32 Å². The number of para-hydroxylation sites is 1. The van der Waals surface area contributed by atoms with Crippen LogP contribution in [0.1, 0.15) is 10.4 Å². The number of carbonyl (C=O) groups excluding carboxylic acids is 1. The predicted molar refractivity (Wildman–Crippen MR) is 111 cm³/mol. The highest BCUT2D eigenvalue weighted by molar-refractivity contribution is 9.10. The Morgan fingerprint density at radius 1 is 0.889 bits per heavy atom. The number of nitrogens with one attached hydrogen (secondary N) is 1. The van der Waals surface area contributed by atoms with E-state index in [1.165, 1.54) is 23.5 Å². The molecule has 0 aliphatic carbocycles. The summed E-state index contributed by atoms with van der Waals surface area (Å²) >= 11 is 3.32. The summed E-state index contributed by atoms with van der Waals surface area (Å²) in [5, 5.41) is 2.75. The molecule has 0 aliphatic heterocycles. The van der Waals surface area contributed by atoms with Crippen LogP contribution in [0.25, 0.3) is 0 Å². The summed E-state index contributed by atoms with van der Waals surface area (Å²) in [6.07, 6.45) is 0. The summed E-state index contributed by atoms with van der Waals surface area (Å²) < 4.78 is 27.6. The fourth-order valence-corrected chi connectivity index (χ4v) is 3.91. The molecule has 3 aromatic rings. The van der Waals surface area contributed by atoms with E-state index in [0.717, 1.165) is 4.47 Å². The Labute approximate surface area is 166 Å². The van der Waals surface area contributed by atoms with Crippen LogP contribution in [0.3, 0.4) is 0 Å². The van der Waals surface area contributed by atoms with Crippen LogP contribution in [0.2, 0.25) is 0 Å². The van der Waals surface area contributed by atoms with E-state index in [2.05, 4.69) is 21.2 Å². The molecule has 7 heteroatoms. The van der Waals surface area contributed by atoms with E-state index in [1.54, 1.807) is 60.7 Å². The van der Waals surface area contributed by atoms with Gasteiger partial charge in [0.05, 0.1) is 10.6 Å². The normalized spacial score (nSPS) is 11.0. The molecule has 0 radical (unpaired) electrons. The van der Waals surface area contributed by atoms with Gasteiger partial charge in [-0.3, -0.25) is 9.10 Å². The second kappa shape index (κ2) is 7.94. The molecular weight excluding hydrogens is 428 g/mol. The first-order valence-corrected chi connectivity index (χ1v) is 10.3. The lowest BCUT2D eigenvalue weighted by atomic mass is 10.2. The number of amides is 1. The SMILES string of the molecule is CN(c1ccccc1)S(=O)(=O)c1ccc(NC(=O)c2ccc(Br)cc2)cc1. The first-order valence-electron chi connectivity index (χ1n) is 8.09. The zero-order valence-electron chi connectivity index (χ0n) is 14.5. The van der Waals surface area contributed by atoms with Gasteiger partial charge in [-0.05, 0) is 60.7 Å². The molecule has 3 rings (SSSR count). The van der Waals surface area contributed by atoms with E-state index >= 15 is 0 Å². The Morgan fingerprint density at radius 3 is 2.07 bits per heavy atom. The average Bonchev–Trinajstić information content (AvgIpc) is 2.69. The molecule has 0 unspecified atom stereocenters. The van der Waals surface area contributed by atoms with Gasteiger partial charge >= 0.3 is 0 Å². The molecule has 0 atom stereocenters. The van der Waals surface area contributed by atoms with Gasteiger partial charge in [0.2, 0.25) is 0 Å². The standard InChI is InChI=1S/C20H17BrN2O3S/c1-23(18-5-3-2-4-6-18)27(25,26)19-13-11-17(12-14-19)22-20(24)15-7-9-16(21)10-8-15/h2-14H,1H3,(H,22,24). The molecule has 3 aromatic carbocycles. The van der Waals surface area contributed by atoms with Gasteiger partial charge in [-0.25, -0.2) is 8.42 Å². The van der Waals surface area contributed by atoms with Crippen molar-refractivity contribution in [2.24, 2.45) is 0 Å². The summed E-state index contributed by atoms with van der Waals surface area (Å²) in [7, 11) is -2.17. The Balaban J connectivity index is 1.76. The van der Waals surface area contributed by atoms with Crippen LogP contribution in [0, 0.1) is 0 Å². The fourth-order valence-electron chi connectivity index (χ4n) is 2.45. The molecule has 0 saturated heterocycles. The van der Waals surface area contributed by atoms with Crippen molar-refractivity contribution in [1.29, 1.82) is 0 Å². The average molecular weight is 445 g/mol. The second-order valence-electron chi connectivity index (χ2n) is 5.79. The lowest BCUT2D eigenvalue weighted by Gasteiger charge is -2.19. The summed E-state index contributed by atoms with van der Waals surface area (Å²) in [5.74, 6) is -0.264. The highest BCUT2D eigenvalue weighted by atomic mass is 79.9. The summed E-state index contributed by atoms with van der Waals surface area (Å²) in [5.41, 5.74) is 1.60. The van der Waals surface area contributed by atoms with Gasteiger partial charge in [0.15, 0.2) is 0 Å². The van der Waals surface area contributed by atoms with E-state index in [4.69, 9.17) is 0 Å². The number of sulfonamides is 1. The molecule has 0 aromatic heterocycles. The van der Waals surface area contributed by atoms with Crippen molar-refractivity contribution in [1.82, 2.24) is 0 Å². The van der Waals surface area contributed by atoms with E-state index in [0.29, 0.717) is 16.9 Å². The molecule has 0 aliphatic rings. The maximum atomic E-state index is 12.8. The van der Waals surface area contributed by atoms with Gasteiger partial charge in [0.25, 0.3) is 15.9 Å². The van der Waals surface area contributed by atoms with E-state index in [1.807, 2.05) is 6.07 Å². The van der Waals surface area contributed by atoms with Gasteiger partial charge in [-0.2, -0.15) is 0 Å². The van der Waals surface area contributed by atoms with Crippen LogP contribution in [0.5, 0.6) is 0 Å². The van der Waals surface area contributed by atoms with E-state index < -0.39 is 10.0 Å². The summed E-state index contributed by atoms with van der Waals surface area (Å²) in [4.78, 5) is 12.4. The van der Waals surface area contributed by atoms with Crippen molar-refractivity contribution >= 4 is 43.2 Å². The Kier molecular flexibility index (Phi) is 5.62. The highest BCUT2D eigenvalue weighted by Gasteiger charge is 2.21. The number of hydrogen-bond acceptors (Lipinski definition) is 3. The molecule has 0 fully saturated rings. The van der Waals surface area contributed by atoms with Gasteiger partial charge in [0.1, 0.15) is 0 Å². The van der Waals surface area contributed by atoms with Gasteiger partial charge in [-0.1, -0.05) is 34.1 Å². The first kappa shape index (κ1) is 19.1. The Hall–Kier alpha value is -2.64. The van der Waals surface area contributed by atoms with Crippen molar-refractivity contribution in [3.05, 3.63) is 88.9 Å². The Morgan fingerprint density at radius 2 is 1.48 bits per heavy atom. The van der Waals surface area contributed by atoms with Crippen molar-refractivity contribution in [2.45, 2.75) is 4.90 Å². The van der Waals surface area contributed by atoms with Crippen LogP contribution in [0.15, 0.2) is 88.2 Å². The van der Waals surface area contributed by atoms with Crippen molar-refractivity contribution in [3.8, 4) is 0 Å². The van der Waals surface area contributed by atoms with Crippen LogP contribution in [-0.4, -0.2) is 21.4 Å². The minimum absolute atomic E-state index is 0.149. The third-order valence-corrected chi connectivity index (χ3v) is 6.33. The zero-order valence-corrected chi connectivity index (χ0v) is 16.9. The van der Waals surface area contributed by atoms with E-state index in [-0.39, 0.29) is 10.8 Å². The molecule has 0 heterocycles. The fraction of sp³-hybridized carbons (Fsp3) is 0.0500.